The van der Waals surface area contributed by atoms with Crippen molar-refractivity contribution in [1.82, 2.24) is 0 Å². The molecule has 1 unspecified atom stereocenters. The molecule has 0 aromatic carbocycles. The molecule has 8 heavy (non-hydrogen) atoms. The van der Waals surface area contributed by atoms with E-state index in [1.807, 2.05) is 6.08 Å². The van der Waals surface area contributed by atoms with Gasteiger partial charge in [0.05, 0.1) is 0 Å². The van der Waals surface area contributed by atoms with E-state index in [0.717, 1.165) is 5.92 Å². The Morgan fingerprint density at radius 3 is 2.38 bits per heavy atom. The minimum Gasteiger partial charge on any atom is -1.00 e. The monoisotopic (exact) mass is 184 g/mol. The molecule has 1 rings (SSSR count). The normalized spacial score (nSPS) is 22.2. The van der Waals surface area contributed by atoms with Crippen LogP contribution in [0.5, 0.6) is 0 Å². The summed E-state index contributed by atoms with van der Waals surface area (Å²) in [4.78, 5) is 0. The summed E-state index contributed by atoms with van der Waals surface area (Å²) >= 11 is 0. The summed E-state index contributed by atoms with van der Waals surface area (Å²) < 4.78 is 0. The quantitative estimate of drug-likeness (QED) is 0.276. The predicted molar refractivity (Wildman–Crippen MR) is 33.0 cm³/mol. The van der Waals surface area contributed by atoms with Crippen LogP contribution >= 0.6 is 0 Å². The molecule has 1 saturated carbocycles. The van der Waals surface area contributed by atoms with E-state index in [9.17, 15) is 0 Å². The molecule has 1 aliphatic carbocycles. The summed E-state index contributed by atoms with van der Waals surface area (Å²) in [7, 11) is 0. The standard InChI is InChI=1S/C6H9.BrH.Mg/c1-2-3-6-4-5-6;;/h2,4,6H,1,3,5H2;1H;/q-1;;+2/p-1. The van der Waals surface area contributed by atoms with Crippen LogP contribution in [-0.4, -0.2) is 23.1 Å². The number of hydrogen-bond acceptors (Lipinski definition) is 0. The molecule has 0 amide bonds. The second-order valence-electron chi connectivity index (χ2n) is 1.76. The minimum absolute atomic E-state index is 0. The average Bonchev–Trinajstić information content (AvgIpc) is 2.21. The molecule has 0 saturated heterocycles. The minimum atomic E-state index is 0. The fraction of sp³-hybridized carbons (Fsp3) is 0.500. The van der Waals surface area contributed by atoms with Crippen molar-refractivity contribution in [2.24, 2.45) is 5.92 Å². The van der Waals surface area contributed by atoms with Crippen LogP contribution in [0.15, 0.2) is 12.7 Å². The van der Waals surface area contributed by atoms with E-state index in [0.29, 0.717) is 0 Å². The molecule has 42 valence electrons. The zero-order chi connectivity index (χ0) is 4.41. The van der Waals surface area contributed by atoms with E-state index in [4.69, 9.17) is 0 Å². The Labute approximate surface area is 77.7 Å². The molecule has 0 radical (unpaired) electrons. The van der Waals surface area contributed by atoms with Crippen LogP contribution in [0.1, 0.15) is 12.8 Å². The van der Waals surface area contributed by atoms with E-state index >= 15 is 0 Å². The molecule has 1 aliphatic rings. The molecule has 0 N–H and O–H groups in total. The van der Waals surface area contributed by atoms with Crippen molar-refractivity contribution in [3.63, 3.8) is 0 Å². The van der Waals surface area contributed by atoms with Gasteiger partial charge in [-0.25, -0.2) is 6.42 Å². The first-order valence-electron chi connectivity index (χ1n) is 2.37. The molecule has 0 aromatic rings. The van der Waals surface area contributed by atoms with Gasteiger partial charge in [0.1, 0.15) is 0 Å². The number of allylic oxidation sites excluding steroid dienone is 1. The van der Waals surface area contributed by atoms with Crippen LogP contribution in [-0.2, 0) is 0 Å². The van der Waals surface area contributed by atoms with Crippen LogP contribution in [0.25, 0.3) is 0 Å². The molecule has 0 spiro atoms. The third-order valence-corrected chi connectivity index (χ3v) is 1.04. The summed E-state index contributed by atoms with van der Waals surface area (Å²) in [6.45, 7) is 3.62. The van der Waals surface area contributed by atoms with Gasteiger partial charge in [0.2, 0.25) is 0 Å². The maximum absolute atomic E-state index is 3.62. The number of halogens is 1. The van der Waals surface area contributed by atoms with Crippen LogP contribution < -0.4 is 17.0 Å². The van der Waals surface area contributed by atoms with Gasteiger partial charge >= 0.3 is 23.1 Å². The van der Waals surface area contributed by atoms with Gasteiger partial charge in [-0.3, -0.25) is 0 Å². The molecular weight excluding hydrogens is 176 g/mol. The zero-order valence-electron chi connectivity index (χ0n) is 4.94. The van der Waals surface area contributed by atoms with Crippen molar-refractivity contribution < 1.29 is 17.0 Å². The van der Waals surface area contributed by atoms with E-state index in [-0.39, 0.29) is 40.0 Å². The van der Waals surface area contributed by atoms with E-state index < -0.39 is 0 Å². The van der Waals surface area contributed by atoms with Crippen LogP contribution in [0.4, 0.5) is 0 Å². The van der Waals surface area contributed by atoms with Gasteiger partial charge in [0, 0.05) is 0 Å². The van der Waals surface area contributed by atoms with Crippen molar-refractivity contribution in [3.05, 3.63) is 19.1 Å². The fourth-order valence-corrected chi connectivity index (χ4v) is 0.503. The molecule has 0 nitrogen and oxygen atoms in total. The Hall–Kier alpha value is 0.986. The van der Waals surface area contributed by atoms with Crippen molar-refractivity contribution in [1.29, 1.82) is 0 Å². The summed E-state index contributed by atoms with van der Waals surface area (Å²) in [5, 5.41) is 0. The molecule has 0 heterocycles. The largest absolute Gasteiger partial charge is 2.00 e. The van der Waals surface area contributed by atoms with Gasteiger partial charge in [-0.15, -0.1) is 6.58 Å². The molecular formula is C6H9BrMg. The summed E-state index contributed by atoms with van der Waals surface area (Å²) in [5.41, 5.74) is 0. The van der Waals surface area contributed by atoms with Gasteiger partial charge in [-0.2, -0.15) is 5.92 Å². The van der Waals surface area contributed by atoms with E-state index in [2.05, 4.69) is 13.0 Å². The third kappa shape index (κ3) is 5.13. The van der Waals surface area contributed by atoms with Crippen molar-refractivity contribution >= 4 is 23.1 Å². The summed E-state index contributed by atoms with van der Waals surface area (Å²) in [6.07, 6.45) is 6.81. The number of hydrogen-bond donors (Lipinski definition) is 0. The first kappa shape index (κ1) is 11.7. The van der Waals surface area contributed by atoms with Gasteiger partial charge in [0.25, 0.3) is 0 Å². The van der Waals surface area contributed by atoms with Crippen LogP contribution in [0, 0.1) is 12.3 Å². The maximum atomic E-state index is 3.62. The van der Waals surface area contributed by atoms with E-state index in [1.54, 1.807) is 0 Å². The SMILES string of the molecule is C=CCC1[CH-]C1.[Br-].[Mg+2]. The van der Waals surface area contributed by atoms with Gasteiger partial charge in [0.15, 0.2) is 0 Å². The topological polar surface area (TPSA) is 0 Å². The first-order valence-corrected chi connectivity index (χ1v) is 2.37. The second-order valence-corrected chi connectivity index (χ2v) is 1.76. The Morgan fingerprint density at radius 2 is 2.25 bits per heavy atom. The molecule has 1 atom stereocenters. The number of rotatable bonds is 2. The zero-order valence-corrected chi connectivity index (χ0v) is 7.94. The van der Waals surface area contributed by atoms with Crippen molar-refractivity contribution in [3.8, 4) is 0 Å². The molecule has 2 heteroatoms. The third-order valence-electron chi connectivity index (χ3n) is 1.04. The van der Waals surface area contributed by atoms with Gasteiger partial charge < -0.3 is 23.4 Å². The fourth-order valence-electron chi connectivity index (χ4n) is 0.503. The summed E-state index contributed by atoms with van der Waals surface area (Å²) in [6, 6.07) is 0. The van der Waals surface area contributed by atoms with Crippen LogP contribution in [0.2, 0.25) is 0 Å². The van der Waals surface area contributed by atoms with Crippen molar-refractivity contribution in [2.75, 3.05) is 0 Å². The van der Waals surface area contributed by atoms with Crippen molar-refractivity contribution in [2.45, 2.75) is 12.8 Å². The first-order chi connectivity index (χ1) is 2.93. The average molecular weight is 185 g/mol. The van der Waals surface area contributed by atoms with Crippen LogP contribution in [0.3, 0.4) is 0 Å². The molecule has 1 fully saturated rings. The maximum Gasteiger partial charge on any atom is 2.00 e. The Bertz CT molecular complexity index is 59.5. The summed E-state index contributed by atoms with van der Waals surface area (Å²) in [5.74, 6) is 0.905. The molecule has 0 aromatic heterocycles. The van der Waals surface area contributed by atoms with Gasteiger partial charge in [-0.05, 0) is 0 Å². The smallest absolute Gasteiger partial charge is 1.00 e. The predicted octanol–water partition coefficient (Wildman–Crippen LogP) is -1.59. The Balaban J connectivity index is 0. The Kier molecular flexibility index (Phi) is 8.97. The van der Waals surface area contributed by atoms with E-state index in [1.165, 1.54) is 12.8 Å². The Morgan fingerprint density at radius 1 is 1.75 bits per heavy atom. The molecule has 0 aliphatic heterocycles. The second kappa shape index (κ2) is 6.11. The molecule has 0 bridgehead atoms. The van der Waals surface area contributed by atoms with Gasteiger partial charge in [-0.1, -0.05) is 12.5 Å².